The number of piperazine rings is 1. The van der Waals surface area contributed by atoms with Gasteiger partial charge in [0.05, 0.1) is 36.9 Å². The number of β-amino-alcohol motifs (C(OH)–C–C–N with tert-alkyl or cyclic N) is 1. The molecule has 3 atom stereocenters. The highest BCUT2D eigenvalue weighted by atomic mass is 16.5. The molecule has 2 heterocycles. The summed E-state index contributed by atoms with van der Waals surface area (Å²) in [5.74, 6) is 0. The lowest BCUT2D eigenvalue weighted by molar-refractivity contribution is 0.0360. The molecular weight excluding hydrogens is 356 g/mol. The predicted octanol–water partition coefficient (Wildman–Crippen LogP) is -0.269. The van der Waals surface area contributed by atoms with Gasteiger partial charge in [0.1, 0.15) is 6.17 Å². The first-order valence-corrected chi connectivity index (χ1v) is 10.1. The number of aliphatic hydroxyl groups is 1. The Morgan fingerprint density at radius 3 is 2.71 bits per heavy atom. The van der Waals surface area contributed by atoms with Crippen LogP contribution in [0.3, 0.4) is 0 Å². The summed E-state index contributed by atoms with van der Waals surface area (Å²) >= 11 is 0. The first-order chi connectivity index (χ1) is 13.5. The quantitative estimate of drug-likeness (QED) is 0.473. The average molecular weight is 391 g/mol. The van der Waals surface area contributed by atoms with E-state index in [2.05, 4.69) is 26.2 Å². The Bertz CT molecular complexity index is 649. The van der Waals surface area contributed by atoms with Crippen molar-refractivity contribution in [1.29, 1.82) is 0 Å². The summed E-state index contributed by atoms with van der Waals surface area (Å²) in [7, 11) is 0. The lowest BCUT2D eigenvalue weighted by Crippen LogP contribution is -2.55. The van der Waals surface area contributed by atoms with E-state index in [1.54, 1.807) is 6.34 Å². The van der Waals surface area contributed by atoms with Gasteiger partial charge >= 0.3 is 0 Å². The Morgan fingerprint density at radius 1 is 1.29 bits per heavy atom. The van der Waals surface area contributed by atoms with E-state index in [1.807, 2.05) is 26.0 Å². The summed E-state index contributed by atoms with van der Waals surface area (Å²) in [6.07, 6.45) is 8.83. The van der Waals surface area contributed by atoms with Gasteiger partial charge in [0.15, 0.2) is 0 Å². The van der Waals surface area contributed by atoms with Crippen molar-refractivity contribution in [2.24, 2.45) is 16.5 Å². The zero-order valence-corrected chi connectivity index (χ0v) is 16.9. The fourth-order valence-electron chi connectivity index (χ4n) is 3.85. The highest BCUT2D eigenvalue weighted by molar-refractivity contribution is 5.60. The maximum Gasteiger partial charge on any atom is 0.101 e. The largest absolute Gasteiger partial charge is 0.399 e. The molecule has 3 aliphatic rings. The zero-order valence-electron chi connectivity index (χ0n) is 16.9. The number of nitrogens with two attached hydrogens (primary N) is 2. The number of nitrogens with zero attached hydrogens (tertiary/aromatic N) is 3. The SMILES string of the molecule is CC(C)OC1C=C(C(N)C2=CC(N3CCN(CCO)CC3)NC=N2)C(N)=CC1. The first-order valence-electron chi connectivity index (χ1n) is 10.1. The number of nitrogens with one attached hydrogen (secondary N) is 1. The van der Waals surface area contributed by atoms with Crippen LogP contribution in [0.1, 0.15) is 20.3 Å². The van der Waals surface area contributed by atoms with Crippen molar-refractivity contribution in [3.63, 3.8) is 0 Å². The van der Waals surface area contributed by atoms with Crippen LogP contribution < -0.4 is 16.8 Å². The van der Waals surface area contributed by atoms with Gasteiger partial charge in [-0.2, -0.15) is 0 Å². The predicted molar refractivity (Wildman–Crippen MR) is 112 cm³/mol. The van der Waals surface area contributed by atoms with Gasteiger partial charge in [-0.25, -0.2) is 4.99 Å². The second kappa shape index (κ2) is 9.67. The lowest BCUT2D eigenvalue weighted by Gasteiger charge is -2.39. The van der Waals surface area contributed by atoms with Gasteiger partial charge in [-0.1, -0.05) is 6.08 Å². The summed E-state index contributed by atoms with van der Waals surface area (Å²) < 4.78 is 5.92. The topological polar surface area (TPSA) is 112 Å². The average Bonchev–Trinajstić information content (AvgIpc) is 2.69. The van der Waals surface area contributed by atoms with Gasteiger partial charge in [-0.05, 0) is 38.0 Å². The van der Waals surface area contributed by atoms with Crippen LogP contribution in [0.2, 0.25) is 0 Å². The normalized spacial score (nSPS) is 27.8. The van der Waals surface area contributed by atoms with Gasteiger partial charge in [0.25, 0.3) is 0 Å². The smallest absolute Gasteiger partial charge is 0.101 e. The summed E-state index contributed by atoms with van der Waals surface area (Å²) in [4.78, 5) is 9.12. The third-order valence-corrected chi connectivity index (χ3v) is 5.37. The van der Waals surface area contributed by atoms with Crippen LogP contribution in [-0.4, -0.2) is 85.0 Å². The van der Waals surface area contributed by atoms with Crippen molar-refractivity contribution in [2.75, 3.05) is 39.3 Å². The van der Waals surface area contributed by atoms with E-state index in [0.29, 0.717) is 5.70 Å². The van der Waals surface area contributed by atoms with Crippen molar-refractivity contribution in [1.82, 2.24) is 15.1 Å². The van der Waals surface area contributed by atoms with Crippen molar-refractivity contribution in [3.8, 4) is 0 Å². The number of ether oxygens (including phenoxy) is 1. The maximum absolute atomic E-state index is 9.10. The fourth-order valence-corrected chi connectivity index (χ4v) is 3.85. The molecule has 0 aromatic rings. The van der Waals surface area contributed by atoms with Gasteiger partial charge in [0, 0.05) is 38.4 Å². The summed E-state index contributed by atoms with van der Waals surface area (Å²) in [5, 5.41) is 12.4. The van der Waals surface area contributed by atoms with Crippen molar-refractivity contribution < 1.29 is 9.84 Å². The molecule has 8 nitrogen and oxygen atoms in total. The van der Waals surface area contributed by atoms with E-state index in [-0.39, 0.29) is 31.0 Å². The van der Waals surface area contributed by atoms with Crippen LogP contribution in [0.5, 0.6) is 0 Å². The molecule has 1 fully saturated rings. The van der Waals surface area contributed by atoms with E-state index >= 15 is 0 Å². The van der Waals surface area contributed by atoms with Crippen LogP contribution in [-0.2, 0) is 4.74 Å². The van der Waals surface area contributed by atoms with E-state index in [1.165, 1.54) is 0 Å². The Morgan fingerprint density at radius 2 is 2.04 bits per heavy atom. The molecule has 0 amide bonds. The molecule has 6 N–H and O–H groups in total. The molecular formula is C20H34N6O2. The summed E-state index contributed by atoms with van der Waals surface area (Å²) in [6, 6.07) is -0.383. The van der Waals surface area contributed by atoms with E-state index in [9.17, 15) is 0 Å². The highest BCUT2D eigenvalue weighted by Gasteiger charge is 2.27. The number of aliphatic imine (C=N–C) groups is 1. The summed E-state index contributed by atoms with van der Waals surface area (Å²) in [5.41, 5.74) is 15.2. The van der Waals surface area contributed by atoms with Crippen LogP contribution in [0.4, 0.5) is 0 Å². The van der Waals surface area contributed by atoms with Crippen LogP contribution in [0, 0.1) is 0 Å². The Kier molecular flexibility index (Phi) is 7.25. The van der Waals surface area contributed by atoms with Crippen molar-refractivity contribution >= 4 is 6.34 Å². The minimum Gasteiger partial charge on any atom is -0.399 e. The Hall–Kier alpha value is -1.71. The van der Waals surface area contributed by atoms with Gasteiger partial charge < -0.3 is 26.6 Å². The van der Waals surface area contributed by atoms with Gasteiger partial charge in [-0.15, -0.1) is 0 Å². The molecule has 3 rings (SSSR count). The molecule has 1 aliphatic carbocycles. The second-order valence-corrected chi connectivity index (χ2v) is 7.78. The van der Waals surface area contributed by atoms with Crippen LogP contribution in [0.25, 0.3) is 0 Å². The Balaban J connectivity index is 1.67. The zero-order chi connectivity index (χ0) is 20.1. The summed E-state index contributed by atoms with van der Waals surface area (Å²) in [6.45, 7) is 8.75. The standard InChI is InChI=1S/C20H34N6O2/c1-14(2)28-15-3-4-17(21)16(11-15)20(22)18-12-19(24-13-23-18)26-7-5-25(6-8-26)9-10-27/h4,11-15,19-20,27H,3,5-10,21-22H2,1-2H3,(H,23,24). The fraction of sp³-hybridized carbons (Fsp3) is 0.650. The van der Waals surface area contributed by atoms with E-state index in [0.717, 1.165) is 50.4 Å². The molecule has 1 saturated heterocycles. The molecule has 0 spiro atoms. The minimum atomic E-state index is -0.383. The van der Waals surface area contributed by atoms with Crippen molar-refractivity contribution in [3.05, 3.63) is 35.2 Å². The highest BCUT2D eigenvalue weighted by Crippen LogP contribution is 2.25. The maximum atomic E-state index is 9.10. The molecule has 3 unspecified atom stereocenters. The number of hydrogen-bond acceptors (Lipinski definition) is 8. The van der Waals surface area contributed by atoms with Crippen LogP contribution in [0.15, 0.2) is 40.2 Å². The molecule has 2 aliphatic heterocycles. The molecule has 156 valence electrons. The molecule has 0 bridgehead atoms. The molecule has 0 radical (unpaired) electrons. The molecule has 0 aromatic heterocycles. The van der Waals surface area contributed by atoms with Crippen LogP contribution >= 0.6 is 0 Å². The van der Waals surface area contributed by atoms with Gasteiger partial charge in [-0.3, -0.25) is 9.80 Å². The van der Waals surface area contributed by atoms with E-state index in [4.69, 9.17) is 21.3 Å². The number of aliphatic hydroxyl groups excluding tert-OH is 1. The number of rotatable bonds is 7. The first kappa shape index (κ1) is 21.0. The molecule has 0 saturated carbocycles. The minimum absolute atomic E-state index is 0.00459. The Labute approximate surface area is 167 Å². The lowest BCUT2D eigenvalue weighted by atomic mass is 9.93. The molecule has 0 aromatic carbocycles. The van der Waals surface area contributed by atoms with Crippen molar-refractivity contribution in [2.45, 2.75) is 44.7 Å². The third-order valence-electron chi connectivity index (χ3n) is 5.37. The molecule has 8 heteroatoms. The van der Waals surface area contributed by atoms with Gasteiger partial charge in [0.2, 0.25) is 0 Å². The number of hydrogen-bond donors (Lipinski definition) is 4. The van der Waals surface area contributed by atoms with E-state index < -0.39 is 0 Å². The second-order valence-electron chi connectivity index (χ2n) is 7.78. The molecule has 28 heavy (non-hydrogen) atoms. The third kappa shape index (κ3) is 5.21. The monoisotopic (exact) mass is 390 g/mol.